The predicted molar refractivity (Wildman–Crippen MR) is 119 cm³/mol. The SMILES string of the molecule is Nc1cc(N)c(/C=C/c2ccc([N+](=O)[O-])cc2)cc1/C=C/c1ccc([N+](=O)[O-])cc1. The summed E-state index contributed by atoms with van der Waals surface area (Å²) in [6.45, 7) is 0. The topological polar surface area (TPSA) is 138 Å². The summed E-state index contributed by atoms with van der Waals surface area (Å²) in [6, 6.07) is 15.8. The molecule has 0 aliphatic rings. The summed E-state index contributed by atoms with van der Waals surface area (Å²) < 4.78 is 0. The van der Waals surface area contributed by atoms with Gasteiger partial charge in [-0.15, -0.1) is 0 Å². The first kappa shape index (κ1) is 20.3. The van der Waals surface area contributed by atoms with E-state index in [-0.39, 0.29) is 11.4 Å². The largest absolute Gasteiger partial charge is 0.398 e. The molecule has 0 saturated carbocycles. The first-order valence-corrected chi connectivity index (χ1v) is 8.87. The molecule has 150 valence electrons. The van der Waals surface area contributed by atoms with Crippen molar-refractivity contribution in [3.8, 4) is 0 Å². The second-order valence-electron chi connectivity index (χ2n) is 6.47. The minimum atomic E-state index is -0.449. The monoisotopic (exact) mass is 402 g/mol. The van der Waals surface area contributed by atoms with Crippen LogP contribution in [-0.4, -0.2) is 9.85 Å². The van der Waals surface area contributed by atoms with Gasteiger partial charge in [-0.25, -0.2) is 0 Å². The van der Waals surface area contributed by atoms with Gasteiger partial charge in [0.15, 0.2) is 0 Å². The lowest BCUT2D eigenvalue weighted by atomic mass is 10.0. The minimum absolute atomic E-state index is 0.0258. The standard InChI is InChI=1S/C22H18N4O4/c23-21-14-22(24)18(8-2-16-5-11-20(12-6-16)26(29)30)13-17(21)7-1-15-3-9-19(10-4-15)25(27)28/h1-14H,23-24H2/b7-1+,8-2+. The number of nitro benzene ring substituents is 2. The van der Waals surface area contributed by atoms with E-state index in [0.717, 1.165) is 22.3 Å². The number of nitrogen functional groups attached to an aromatic ring is 2. The molecule has 0 amide bonds. The molecule has 0 atom stereocenters. The third-order valence-electron chi connectivity index (χ3n) is 4.41. The molecule has 0 fully saturated rings. The fourth-order valence-electron chi connectivity index (χ4n) is 2.74. The van der Waals surface area contributed by atoms with E-state index >= 15 is 0 Å². The fourth-order valence-corrected chi connectivity index (χ4v) is 2.74. The van der Waals surface area contributed by atoms with Crippen LogP contribution in [0.1, 0.15) is 22.3 Å². The Bertz CT molecular complexity index is 1060. The Labute approximate surface area is 172 Å². The Morgan fingerprint density at radius 2 is 0.967 bits per heavy atom. The van der Waals surface area contributed by atoms with Crippen molar-refractivity contribution >= 4 is 47.1 Å². The van der Waals surface area contributed by atoms with Crippen LogP contribution in [0.15, 0.2) is 60.7 Å². The van der Waals surface area contributed by atoms with Gasteiger partial charge in [-0.2, -0.15) is 0 Å². The summed E-state index contributed by atoms with van der Waals surface area (Å²) in [5, 5.41) is 21.5. The van der Waals surface area contributed by atoms with Crippen LogP contribution in [0.25, 0.3) is 24.3 Å². The Morgan fingerprint density at radius 3 is 1.30 bits per heavy atom. The number of nitrogens with two attached hydrogens (primary N) is 2. The molecule has 0 bridgehead atoms. The van der Waals surface area contributed by atoms with Crippen LogP contribution in [0.2, 0.25) is 0 Å². The Kier molecular flexibility index (Phi) is 5.88. The van der Waals surface area contributed by atoms with Gasteiger partial charge in [0, 0.05) is 35.6 Å². The molecule has 30 heavy (non-hydrogen) atoms. The molecular formula is C22H18N4O4. The molecule has 0 spiro atoms. The van der Waals surface area contributed by atoms with Crippen molar-refractivity contribution < 1.29 is 9.85 Å². The van der Waals surface area contributed by atoms with Crippen molar-refractivity contribution in [1.29, 1.82) is 0 Å². The molecule has 3 aromatic carbocycles. The van der Waals surface area contributed by atoms with Crippen LogP contribution in [0, 0.1) is 20.2 Å². The van der Waals surface area contributed by atoms with Crippen molar-refractivity contribution in [3.05, 3.63) is 103 Å². The second-order valence-corrected chi connectivity index (χ2v) is 6.47. The van der Waals surface area contributed by atoms with Gasteiger partial charge in [0.25, 0.3) is 11.4 Å². The highest BCUT2D eigenvalue weighted by atomic mass is 16.6. The van der Waals surface area contributed by atoms with Crippen LogP contribution >= 0.6 is 0 Å². The maximum Gasteiger partial charge on any atom is 0.269 e. The molecule has 0 aliphatic carbocycles. The summed E-state index contributed by atoms with van der Waals surface area (Å²) in [6.07, 6.45) is 7.21. The molecule has 8 heteroatoms. The van der Waals surface area contributed by atoms with E-state index in [1.54, 1.807) is 54.6 Å². The van der Waals surface area contributed by atoms with Crippen molar-refractivity contribution in [2.45, 2.75) is 0 Å². The number of nitro groups is 2. The van der Waals surface area contributed by atoms with E-state index in [4.69, 9.17) is 11.5 Å². The lowest BCUT2D eigenvalue weighted by molar-refractivity contribution is -0.385. The molecule has 3 aromatic rings. The van der Waals surface area contributed by atoms with Crippen LogP contribution in [0.4, 0.5) is 22.7 Å². The quantitative estimate of drug-likeness (QED) is 0.257. The zero-order valence-electron chi connectivity index (χ0n) is 15.8. The summed E-state index contributed by atoms with van der Waals surface area (Å²) in [7, 11) is 0. The van der Waals surface area contributed by atoms with E-state index in [9.17, 15) is 20.2 Å². The zero-order valence-corrected chi connectivity index (χ0v) is 15.8. The van der Waals surface area contributed by atoms with Crippen molar-refractivity contribution in [1.82, 2.24) is 0 Å². The van der Waals surface area contributed by atoms with Gasteiger partial charge in [0.05, 0.1) is 9.85 Å². The maximum atomic E-state index is 10.7. The Morgan fingerprint density at radius 1 is 0.600 bits per heavy atom. The van der Waals surface area contributed by atoms with Gasteiger partial charge in [-0.1, -0.05) is 24.3 Å². The van der Waals surface area contributed by atoms with Crippen LogP contribution in [-0.2, 0) is 0 Å². The zero-order chi connectivity index (χ0) is 21.7. The molecule has 0 heterocycles. The highest BCUT2D eigenvalue weighted by molar-refractivity contribution is 5.84. The molecular weight excluding hydrogens is 384 g/mol. The smallest absolute Gasteiger partial charge is 0.269 e. The average Bonchev–Trinajstić information content (AvgIpc) is 2.73. The van der Waals surface area contributed by atoms with Crippen LogP contribution in [0.5, 0.6) is 0 Å². The maximum absolute atomic E-state index is 10.7. The van der Waals surface area contributed by atoms with Crippen molar-refractivity contribution in [2.24, 2.45) is 0 Å². The van der Waals surface area contributed by atoms with Crippen LogP contribution < -0.4 is 11.5 Å². The van der Waals surface area contributed by atoms with E-state index in [1.807, 2.05) is 6.07 Å². The summed E-state index contributed by atoms with van der Waals surface area (Å²) in [5.74, 6) is 0. The van der Waals surface area contributed by atoms with Gasteiger partial charge >= 0.3 is 0 Å². The van der Waals surface area contributed by atoms with Crippen LogP contribution in [0.3, 0.4) is 0 Å². The lowest BCUT2D eigenvalue weighted by Crippen LogP contribution is -1.96. The summed E-state index contributed by atoms with van der Waals surface area (Å²) >= 11 is 0. The third-order valence-corrected chi connectivity index (χ3v) is 4.41. The highest BCUT2D eigenvalue weighted by Gasteiger charge is 2.05. The molecule has 0 saturated heterocycles. The van der Waals surface area contributed by atoms with Gasteiger partial charge in [0.2, 0.25) is 0 Å². The van der Waals surface area contributed by atoms with Crippen molar-refractivity contribution in [3.63, 3.8) is 0 Å². The first-order chi connectivity index (χ1) is 14.3. The van der Waals surface area contributed by atoms with Gasteiger partial charge in [0.1, 0.15) is 0 Å². The summed E-state index contributed by atoms with van der Waals surface area (Å²) in [5.41, 5.74) is 16.2. The Balaban J connectivity index is 1.82. The van der Waals surface area contributed by atoms with Gasteiger partial charge < -0.3 is 11.5 Å². The van der Waals surface area contributed by atoms with E-state index < -0.39 is 9.85 Å². The molecule has 4 N–H and O–H groups in total. The van der Waals surface area contributed by atoms with Gasteiger partial charge in [-0.05, 0) is 58.7 Å². The van der Waals surface area contributed by atoms with E-state index in [1.165, 1.54) is 24.3 Å². The normalized spacial score (nSPS) is 11.2. The molecule has 0 aliphatic heterocycles. The number of anilines is 2. The van der Waals surface area contributed by atoms with E-state index in [0.29, 0.717) is 11.4 Å². The first-order valence-electron chi connectivity index (χ1n) is 8.87. The number of rotatable bonds is 6. The number of hydrogen-bond acceptors (Lipinski definition) is 6. The molecule has 3 rings (SSSR count). The fraction of sp³-hybridized carbons (Fsp3) is 0. The molecule has 0 radical (unpaired) electrons. The molecule has 0 aromatic heterocycles. The number of benzene rings is 3. The average molecular weight is 402 g/mol. The van der Waals surface area contributed by atoms with Gasteiger partial charge in [-0.3, -0.25) is 20.2 Å². The summed E-state index contributed by atoms with van der Waals surface area (Å²) in [4.78, 5) is 20.6. The lowest BCUT2D eigenvalue weighted by Gasteiger charge is -2.07. The second kappa shape index (κ2) is 8.70. The highest BCUT2D eigenvalue weighted by Crippen LogP contribution is 2.25. The minimum Gasteiger partial charge on any atom is -0.398 e. The number of hydrogen-bond donors (Lipinski definition) is 2. The predicted octanol–water partition coefficient (Wildman–Crippen LogP) is 5.01. The number of non-ortho nitro benzene ring substituents is 2. The Hall–Kier alpha value is -4.46. The number of nitrogens with zero attached hydrogens (tertiary/aromatic N) is 2. The van der Waals surface area contributed by atoms with E-state index in [2.05, 4.69) is 0 Å². The molecule has 0 unspecified atom stereocenters. The molecule has 8 nitrogen and oxygen atoms in total. The van der Waals surface area contributed by atoms with Crippen molar-refractivity contribution in [2.75, 3.05) is 11.5 Å². The third kappa shape index (κ3) is 4.87.